The second-order valence-electron chi connectivity index (χ2n) is 7.30. The third-order valence-corrected chi connectivity index (χ3v) is 5.10. The Labute approximate surface area is 162 Å². The molecule has 0 aliphatic carbocycles. The normalized spacial score (nSPS) is 11.0. The Balaban J connectivity index is 2.22. The number of carbonyl (C=O) groups is 3. The Morgan fingerprint density at radius 2 is 1.67 bits per heavy atom. The summed E-state index contributed by atoms with van der Waals surface area (Å²) in [5, 5.41) is 6.30. The number of methoxy groups -OCH3 is 1. The number of rotatable bonds is 4. The molecule has 2 aromatic rings. The van der Waals surface area contributed by atoms with Gasteiger partial charge in [0.1, 0.15) is 0 Å². The molecule has 0 saturated heterocycles. The minimum atomic E-state index is -0.522. The molecule has 0 unspecified atom stereocenters. The molecular weight excluding hydrogens is 364 g/mol. The molecule has 144 valence electrons. The number of benzene rings is 1. The van der Waals surface area contributed by atoms with E-state index in [0.29, 0.717) is 21.1 Å². The first-order valence-corrected chi connectivity index (χ1v) is 9.26. The van der Waals surface area contributed by atoms with E-state index in [1.54, 1.807) is 24.3 Å². The van der Waals surface area contributed by atoms with Crippen LogP contribution in [0.5, 0.6) is 0 Å². The van der Waals surface area contributed by atoms with E-state index in [1.165, 1.54) is 18.4 Å². The van der Waals surface area contributed by atoms with Gasteiger partial charge in [0.15, 0.2) is 0 Å². The highest BCUT2D eigenvalue weighted by atomic mass is 32.1. The summed E-state index contributed by atoms with van der Waals surface area (Å²) >= 11 is 1.22. The predicted octanol–water partition coefficient (Wildman–Crippen LogP) is 4.39. The van der Waals surface area contributed by atoms with Crippen molar-refractivity contribution in [2.24, 2.45) is 5.41 Å². The molecule has 7 heteroatoms. The fourth-order valence-electron chi connectivity index (χ4n) is 2.25. The van der Waals surface area contributed by atoms with Gasteiger partial charge in [-0.2, -0.15) is 0 Å². The van der Waals surface area contributed by atoms with Gasteiger partial charge in [0, 0.05) is 11.1 Å². The number of thiophene rings is 1. The number of hydrogen-bond donors (Lipinski definition) is 2. The fourth-order valence-corrected chi connectivity index (χ4v) is 3.21. The number of ether oxygens (including phenoxy) is 1. The zero-order valence-corrected chi connectivity index (χ0v) is 17.2. The van der Waals surface area contributed by atoms with Gasteiger partial charge in [0.2, 0.25) is 5.91 Å². The number of carbonyl (C=O) groups excluding carboxylic acids is 3. The molecule has 1 aromatic carbocycles. The van der Waals surface area contributed by atoms with E-state index in [4.69, 9.17) is 4.74 Å². The van der Waals surface area contributed by atoms with Crippen molar-refractivity contribution in [1.29, 1.82) is 0 Å². The van der Waals surface area contributed by atoms with Gasteiger partial charge in [-0.25, -0.2) is 4.79 Å². The summed E-state index contributed by atoms with van der Waals surface area (Å²) < 4.78 is 4.72. The monoisotopic (exact) mass is 388 g/mol. The molecule has 0 atom stereocenters. The largest absolute Gasteiger partial charge is 0.465 e. The lowest BCUT2D eigenvalue weighted by atomic mass is 9.96. The average molecular weight is 388 g/mol. The summed E-state index contributed by atoms with van der Waals surface area (Å²) in [6.07, 6.45) is 0. The van der Waals surface area contributed by atoms with Crippen molar-refractivity contribution < 1.29 is 19.1 Å². The molecule has 0 saturated carbocycles. The van der Waals surface area contributed by atoms with Crippen LogP contribution >= 0.6 is 11.3 Å². The van der Waals surface area contributed by atoms with Crippen LogP contribution in [-0.4, -0.2) is 24.9 Å². The number of aryl methyl sites for hydroxylation is 2. The van der Waals surface area contributed by atoms with Crippen LogP contribution in [0.2, 0.25) is 0 Å². The van der Waals surface area contributed by atoms with Gasteiger partial charge in [-0.15, -0.1) is 11.3 Å². The molecule has 2 amide bonds. The number of esters is 1. The molecule has 0 aliphatic rings. The summed E-state index contributed by atoms with van der Waals surface area (Å²) in [6.45, 7) is 9.14. The van der Waals surface area contributed by atoms with Crippen molar-refractivity contribution >= 4 is 39.8 Å². The van der Waals surface area contributed by atoms with Crippen molar-refractivity contribution in [2.45, 2.75) is 34.6 Å². The molecule has 6 nitrogen and oxygen atoms in total. The highest BCUT2D eigenvalue weighted by molar-refractivity contribution is 7.18. The first kappa shape index (κ1) is 20.6. The maximum Gasteiger partial charge on any atom is 0.337 e. The molecule has 0 bridgehead atoms. The molecular formula is C20H24N2O4S. The highest BCUT2D eigenvalue weighted by Gasteiger charge is 2.23. The highest BCUT2D eigenvalue weighted by Crippen LogP contribution is 2.29. The van der Waals surface area contributed by atoms with Crippen molar-refractivity contribution in [3.63, 3.8) is 0 Å². The number of hydrogen-bond acceptors (Lipinski definition) is 5. The average Bonchev–Trinajstić information content (AvgIpc) is 2.95. The minimum absolute atomic E-state index is 0.114. The molecule has 0 aliphatic heterocycles. The van der Waals surface area contributed by atoms with Gasteiger partial charge in [-0.1, -0.05) is 26.8 Å². The number of anilines is 2. The zero-order chi connectivity index (χ0) is 20.4. The smallest absolute Gasteiger partial charge is 0.337 e. The molecule has 0 spiro atoms. The summed E-state index contributed by atoms with van der Waals surface area (Å²) in [4.78, 5) is 37.0. The van der Waals surface area contributed by atoms with E-state index in [2.05, 4.69) is 10.6 Å². The third-order valence-electron chi connectivity index (χ3n) is 3.95. The molecule has 1 aromatic heterocycles. The summed E-state index contributed by atoms with van der Waals surface area (Å²) in [5.41, 5.74) is 1.97. The summed E-state index contributed by atoms with van der Waals surface area (Å²) in [6, 6.07) is 6.76. The molecule has 0 fully saturated rings. The number of amides is 2. The fraction of sp³-hybridized carbons (Fsp3) is 0.350. The lowest BCUT2D eigenvalue weighted by molar-refractivity contribution is -0.123. The Morgan fingerprint density at radius 1 is 1.00 bits per heavy atom. The van der Waals surface area contributed by atoms with Gasteiger partial charge in [0.25, 0.3) is 5.91 Å². The van der Waals surface area contributed by atoms with E-state index in [-0.39, 0.29) is 11.8 Å². The van der Waals surface area contributed by atoms with Crippen LogP contribution in [0.25, 0.3) is 0 Å². The molecule has 1 heterocycles. The van der Waals surface area contributed by atoms with Crippen LogP contribution in [0.1, 0.15) is 51.9 Å². The standard InChI is InChI=1S/C20H24N2O4S/c1-11-7-8-13(18(24)26-6)10-14(11)21-17(23)16-12(2)9-15(27-16)22-19(25)20(3,4)5/h7-10H,1-6H3,(H,21,23)(H,22,25). The quantitative estimate of drug-likeness (QED) is 0.761. The van der Waals surface area contributed by atoms with Crippen molar-refractivity contribution in [1.82, 2.24) is 0 Å². The van der Waals surface area contributed by atoms with E-state index < -0.39 is 11.4 Å². The van der Waals surface area contributed by atoms with Gasteiger partial charge >= 0.3 is 5.97 Å². The van der Waals surface area contributed by atoms with Crippen LogP contribution in [0, 0.1) is 19.3 Å². The lowest BCUT2D eigenvalue weighted by Crippen LogP contribution is -2.27. The maximum absolute atomic E-state index is 12.7. The first-order chi connectivity index (χ1) is 12.5. The Kier molecular flexibility index (Phi) is 6.05. The molecule has 0 radical (unpaired) electrons. The van der Waals surface area contributed by atoms with Gasteiger partial charge in [0.05, 0.1) is 22.6 Å². The second-order valence-corrected chi connectivity index (χ2v) is 8.35. The first-order valence-electron chi connectivity index (χ1n) is 8.45. The lowest BCUT2D eigenvalue weighted by Gasteiger charge is -2.16. The molecule has 2 rings (SSSR count). The minimum Gasteiger partial charge on any atom is -0.465 e. The van der Waals surface area contributed by atoms with Crippen molar-refractivity contribution in [3.05, 3.63) is 45.8 Å². The van der Waals surface area contributed by atoms with Crippen molar-refractivity contribution in [3.8, 4) is 0 Å². The van der Waals surface area contributed by atoms with Crippen LogP contribution in [0.4, 0.5) is 10.7 Å². The summed E-state index contributed by atoms with van der Waals surface area (Å²) in [7, 11) is 1.31. The van der Waals surface area contributed by atoms with Gasteiger partial charge < -0.3 is 15.4 Å². The Morgan fingerprint density at radius 3 is 2.26 bits per heavy atom. The predicted molar refractivity (Wildman–Crippen MR) is 108 cm³/mol. The van der Waals surface area contributed by atoms with E-state index >= 15 is 0 Å². The van der Waals surface area contributed by atoms with E-state index in [0.717, 1.165) is 11.1 Å². The maximum atomic E-state index is 12.7. The van der Waals surface area contributed by atoms with Gasteiger partial charge in [-0.05, 0) is 43.2 Å². The Bertz CT molecular complexity index is 894. The SMILES string of the molecule is COC(=O)c1ccc(C)c(NC(=O)c2sc(NC(=O)C(C)(C)C)cc2C)c1. The van der Waals surface area contributed by atoms with Crippen LogP contribution in [0.15, 0.2) is 24.3 Å². The van der Waals surface area contributed by atoms with Crippen LogP contribution in [0.3, 0.4) is 0 Å². The topological polar surface area (TPSA) is 84.5 Å². The summed E-state index contributed by atoms with van der Waals surface area (Å²) in [5.74, 6) is -0.874. The third kappa shape index (κ3) is 4.95. The Hall–Kier alpha value is -2.67. The van der Waals surface area contributed by atoms with Crippen LogP contribution < -0.4 is 10.6 Å². The van der Waals surface area contributed by atoms with Gasteiger partial charge in [-0.3, -0.25) is 9.59 Å². The van der Waals surface area contributed by atoms with E-state index in [9.17, 15) is 14.4 Å². The number of nitrogens with one attached hydrogen (secondary N) is 2. The second kappa shape index (κ2) is 7.92. The molecule has 27 heavy (non-hydrogen) atoms. The zero-order valence-electron chi connectivity index (χ0n) is 16.4. The van der Waals surface area contributed by atoms with Crippen molar-refractivity contribution in [2.75, 3.05) is 17.7 Å². The van der Waals surface area contributed by atoms with E-state index in [1.807, 2.05) is 34.6 Å². The molecule has 2 N–H and O–H groups in total. The van der Waals surface area contributed by atoms with Crippen LogP contribution in [-0.2, 0) is 9.53 Å².